The van der Waals surface area contributed by atoms with Gasteiger partial charge in [0.2, 0.25) is 0 Å². The molecular formula is C34H29BrF2N6O3S2. The number of anilines is 2. The van der Waals surface area contributed by atoms with Crippen molar-refractivity contribution in [3.63, 3.8) is 0 Å². The number of pyridine rings is 1. The Morgan fingerprint density at radius 2 is 1.88 bits per heavy atom. The maximum atomic E-state index is 15.4. The van der Waals surface area contributed by atoms with Gasteiger partial charge in [0.15, 0.2) is 14.9 Å². The highest BCUT2D eigenvalue weighted by Gasteiger charge is 2.20. The molecule has 6 aromatic rings. The van der Waals surface area contributed by atoms with E-state index in [2.05, 4.69) is 41.5 Å². The predicted octanol–water partition coefficient (Wildman–Crippen LogP) is 8.03. The van der Waals surface area contributed by atoms with E-state index in [0.717, 1.165) is 5.01 Å². The summed E-state index contributed by atoms with van der Waals surface area (Å²) in [5.41, 5.74) is 2.57. The third-order valence-corrected chi connectivity index (χ3v) is 10.6. The first-order valence-electron chi connectivity index (χ1n) is 14.9. The molecule has 0 aliphatic carbocycles. The van der Waals surface area contributed by atoms with Crippen LogP contribution in [0.2, 0.25) is 0 Å². The average molecular weight is 752 g/mol. The highest BCUT2D eigenvalue weighted by atomic mass is 79.9. The van der Waals surface area contributed by atoms with Gasteiger partial charge in [0.05, 0.1) is 27.5 Å². The van der Waals surface area contributed by atoms with Crippen molar-refractivity contribution in [1.82, 2.24) is 25.3 Å². The first-order valence-corrected chi connectivity index (χ1v) is 18.2. The van der Waals surface area contributed by atoms with Gasteiger partial charge in [-0.25, -0.2) is 37.1 Å². The number of ether oxygens (including phenoxy) is 1. The molecule has 6 rings (SSSR count). The molecular weight excluding hydrogens is 722 g/mol. The van der Waals surface area contributed by atoms with Gasteiger partial charge in [-0.05, 0) is 76.4 Å². The van der Waals surface area contributed by atoms with Gasteiger partial charge in [0.1, 0.15) is 41.1 Å². The SMILES string of the molecule is CCC(NCCS(=O)(=O)c1ccccn1)c1nc(-c2cc3c(Nc4ccc(OCc5cccc(F)c5)c(Br)c4)ncnc3cc2F)cs1. The number of fused-ring (bicyclic) bond motifs is 1. The van der Waals surface area contributed by atoms with Gasteiger partial charge in [0, 0.05) is 40.8 Å². The van der Waals surface area contributed by atoms with Gasteiger partial charge in [-0.2, -0.15) is 0 Å². The lowest BCUT2D eigenvalue weighted by molar-refractivity contribution is 0.303. The minimum atomic E-state index is -3.53. The Hall–Kier alpha value is -4.37. The smallest absolute Gasteiger partial charge is 0.196 e. The number of nitrogens with zero attached hydrogens (tertiary/aromatic N) is 4. The summed E-state index contributed by atoms with van der Waals surface area (Å²) in [5.74, 6) is 0.133. The molecule has 14 heteroatoms. The largest absolute Gasteiger partial charge is 0.488 e. The molecule has 48 heavy (non-hydrogen) atoms. The van der Waals surface area contributed by atoms with Gasteiger partial charge in [-0.3, -0.25) is 0 Å². The van der Waals surface area contributed by atoms with E-state index in [1.54, 1.807) is 41.8 Å². The summed E-state index contributed by atoms with van der Waals surface area (Å²) in [5, 5.41) is 9.69. The Balaban J connectivity index is 1.17. The minimum absolute atomic E-state index is 0.0392. The van der Waals surface area contributed by atoms with E-state index in [1.165, 1.54) is 48.1 Å². The van der Waals surface area contributed by atoms with Crippen LogP contribution in [-0.2, 0) is 16.4 Å². The number of sulfone groups is 1. The second kappa shape index (κ2) is 14.8. The highest BCUT2D eigenvalue weighted by Crippen LogP contribution is 2.35. The number of hydrogen-bond donors (Lipinski definition) is 2. The van der Waals surface area contributed by atoms with E-state index < -0.39 is 15.7 Å². The van der Waals surface area contributed by atoms with Gasteiger partial charge >= 0.3 is 0 Å². The summed E-state index contributed by atoms with van der Waals surface area (Å²) in [6.45, 7) is 2.38. The fourth-order valence-electron chi connectivity index (χ4n) is 4.97. The Labute approximate surface area is 288 Å². The van der Waals surface area contributed by atoms with Crippen LogP contribution in [0.4, 0.5) is 20.3 Å². The summed E-state index contributed by atoms with van der Waals surface area (Å²) in [4.78, 5) is 17.4. The lowest BCUT2D eigenvalue weighted by Gasteiger charge is -2.14. The zero-order valence-corrected chi connectivity index (χ0v) is 28.7. The second-order valence-corrected chi connectivity index (χ2v) is 14.5. The normalized spacial score (nSPS) is 12.2. The van der Waals surface area contributed by atoms with Crippen molar-refractivity contribution in [2.45, 2.75) is 31.0 Å². The number of rotatable bonds is 13. The van der Waals surface area contributed by atoms with Crippen molar-refractivity contribution in [1.29, 1.82) is 0 Å². The molecule has 2 N–H and O–H groups in total. The van der Waals surface area contributed by atoms with E-state index >= 15 is 4.39 Å². The molecule has 0 radical (unpaired) electrons. The van der Waals surface area contributed by atoms with Crippen molar-refractivity contribution < 1.29 is 21.9 Å². The monoisotopic (exact) mass is 750 g/mol. The van der Waals surface area contributed by atoms with Crippen molar-refractivity contribution in [2.24, 2.45) is 0 Å². The third kappa shape index (κ3) is 7.84. The zero-order valence-electron chi connectivity index (χ0n) is 25.5. The standard InChI is InChI=1S/C34H29BrF2N6O3S2/c1-2-28(38-12-13-48(44,45)32-8-3-4-11-39-32)34-43-30(19-47-34)24-16-25-29(17-27(24)37)40-20-41-33(25)42-23-9-10-31(26(35)15-23)46-18-21-6-5-7-22(36)14-21/h3-11,14-17,19-20,28,38H,2,12-13,18H2,1H3,(H,40,41,42). The molecule has 0 saturated heterocycles. The average Bonchev–Trinajstić information content (AvgIpc) is 3.56. The van der Waals surface area contributed by atoms with Gasteiger partial charge in [0.25, 0.3) is 0 Å². The molecule has 3 aromatic carbocycles. The molecule has 0 aliphatic heterocycles. The molecule has 3 aromatic heterocycles. The summed E-state index contributed by atoms with van der Waals surface area (Å²) in [6, 6.07) is 19.2. The van der Waals surface area contributed by atoms with E-state index in [1.807, 2.05) is 19.1 Å². The zero-order chi connectivity index (χ0) is 33.7. The van der Waals surface area contributed by atoms with Crippen LogP contribution >= 0.6 is 27.3 Å². The summed E-state index contributed by atoms with van der Waals surface area (Å²) in [7, 11) is -3.53. The first-order chi connectivity index (χ1) is 23.2. The van der Waals surface area contributed by atoms with Crippen LogP contribution in [0.5, 0.6) is 5.75 Å². The number of halogens is 3. The molecule has 0 saturated carbocycles. The molecule has 0 aliphatic rings. The number of benzene rings is 3. The molecule has 0 bridgehead atoms. The quantitative estimate of drug-likeness (QED) is 0.121. The van der Waals surface area contributed by atoms with Crippen LogP contribution in [0.3, 0.4) is 0 Å². The van der Waals surface area contributed by atoms with Gasteiger partial charge < -0.3 is 15.4 Å². The molecule has 1 unspecified atom stereocenters. The fraction of sp³-hybridized carbons (Fsp3) is 0.176. The lowest BCUT2D eigenvalue weighted by atomic mass is 10.1. The Bertz CT molecular complexity index is 2170. The highest BCUT2D eigenvalue weighted by molar-refractivity contribution is 9.10. The molecule has 1 atom stereocenters. The Morgan fingerprint density at radius 1 is 1.00 bits per heavy atom. The van der Waals surface area contributed by atoms with E-state index in [-0.39, 0.29) is 41.4 Å². The van der Waals surface area contributed by atoms with Gasteiger partial charge in [-0.15, -0.1) is 11.3 Å². The van der Waals surface area contributed by atoms with E-state index in [9.17, 15) is 12.8 Å². The summed E-state index contributed by atoms with van der Waals surface area (Å²) >= 11 is 4.91. The molecule has 0 spiro atoms. The Morgan fingerprint density at radius 3 is 2.65 bits per heavy atom. The van der Waals surface area contributed by atoms with Crippen LogP contribution in [-0.4, -0.2) is 40.7 Å². The molecule has 0 amide bonds. The predicted molar refractivity (Wildman–Crippen MR) is 186 cm³/mol. The number of hydrogen-bond acceptors (Lipinski definition) is 10. The third-order valence-electron chi connectivity index (χ3n) is 7.42. The number of thiazole rings is 1. The van der Waals surface area contributed by atoms with Crippen LogP contribution < -0.4 is 15.4 Å². The maximum Gasteiger partial charge on any atom is 0.196 e. The second-order valence-electron chi connectivity index (χ2n) is 10.7. The minimum Gasteiger partial charge on any atom is -0.488 e. The van der Waals surface area contributed by atoms with E-state index in [4.69, 9.17) is 9.72 Å². The number of nitrogens with one attached hydrogen (secondary N) is 2. The topological polar surface area (TPSA) is 119 Å². The molecule has 3 heterocycles. The summed E-state index contributed by atoms with van der Waals surface area (Å²) < 4.78 is 60.8. The van der Waals surface area contributed by atoms with Crippen LogP contribution in [0.15, 0.2) is 100 Å². The van der Waals surface area contributed by atoms with Crippen LogP contribution in [0.1, 0.15) is 30.0 Å². The van der Waals surface area contributed by atoms with Crippen molar-refractivity contribution in [3.05, 3.63) is 117 Å². The van der Waals surface area contributed by atoms with Crippen molar-refractivity contribution >= 4 is 59.5 Å². The lowest BCUT2D eigenvalue weighted by Crippen LogP contribution is -2.27. The first kappa shape index (κ1) is 33.5. The van der Waals surface area contributed by atoms with Crippen LogP contribution in [0.25, 0.3) is 22.2 Å². The van der Waals surface area contributed by atoms with Crippen molar-refractivity contribution in [3.8, 4) is 17.0 Å². The maximum absolute atomic E-state index is 15.4. The molecule has 9 nitrogen and oxygen atoms in total. The number of aromatic nitrogens is 4. The van der Waals surface area contributed by atoms with Gasteiger partial charge in [-0.1, -0.05) is 25.1 Å². The van der Waals surface area contributed by atoms with E-state index in [0.29, 0.717) is 50.3 Å². The van der Waals surface area contributed by atoms with Crippen LogP contribution in [0, 0.1) is 11.6 Å². The Kier molecular flexibility index (Phi) is 10.3. The van der Waals surface area contributed by atoms with Crippen molar-refractivity contribution in [2.75, 3.05) is 17.6 Å². The fourth-order valence-corrected chi connectivity index (χ4v) is 7.55. The summed E-state index contributed by atoms with van der Waals surface area (Å²) in [6.07, 6.45) is 3.47. The molecule has 246 valence electrons. The molecule has 0 fully saturated rings.